The van der Waals surface area contributed by atoms with Crippen LogP contribution in [0.3, 0.4) is 0 Å². The van der Waals surface area contributed by atoms with Crippen LogP contribution in [-0.2, 0) is 7.05 Å². The summed E-state index contributed by atoms with van der Waals surface area (Å²) in [5.74, 6) is -0.859. The molecule has 4 heterocycles. The third-order valence-corrected chi connectivity index (χ3v) is 5.97. The Balaban J connectivity index is 1.43. The van der Waals surface area contributed by atoms with Crippen LogP contribution in [0.25, 0.3) is 16.6 Å². The zero-order valence-corrected chi connectivity index (χ0v) is 18.5. The zero-order chi connectivity index (χ0) is 23.1. The number of fused-ring (bicyclic) bond motifs is 2. The number of anilines is 2. The molecule has 0 bridgehead atoms. The molecule has 1 saturated heterocycles. The van der Waals surface area contributed by atoms with Crippen molar-refractivity contribution in [3.63, 3.8) is 0 Å². The Morgan fingerprint density at radius 1 is 1.30 bits per heavy atom. The van der Waals surface area contributed by atoms with Gasteiger partial charge in [-0.05, 0) is 25.5 Å². The van der Waals surface area contributed by atoms with Crippen LogP contribution in [0, 0.1) is 12.7 Å². The molecule has 1 fully saturated rings. The summed E-state index contributed by atoms with van der Waals surface area (Å²) < 4.78 is 17.7. The van der Waals surface area contributed by atoms with Crippen molar-refractivity contribution in [2.75, 3.05) is 36.5 Å². The summed E-state index contributed by atoms with van der Waals surface area (Å²) in [7, 11) is 1.83. The number of benzene rings is 1. The number of aryl methyl sites for hydroxylation is 2. The maximum Gasteiger partial charge on any atom is 0.257 e. The van der Waals surface area contributed by atoms with Gasteiger partial charge in [0.05, 0.1) is 23.6 Å². The number of aliphatic hydroxyl groups is 1. The number of nitrogens with zero attached hydrogens (tertiary/aromatic N) is 5. The van der Waals surface area contributed by atoms with Gasteiger partial charge in [-0.25, -0.2) is 9.37 Å². The van der Waals surface area contributed by atoms with Crippen LogP contribution < -0.4 is 15.5 Å². The number of rotatable bonds is 6. The highest BCUT2D eigenvalue weighted by Gasteiger charge is 2.25. The predicted octanol–water partition coefficient (Wildman–Crippen LogP) is 2.08. The Labute approximate surface area is 189 Å². The molecule has 3 aromatic heterocycles. The van der Waals surface area contributed by atoms with E-state index in [0.717, 1.165) is 30.6 Å². The summed E-state index contributed by atoms with van der Waals surface area (Å²) in [6.45, 7) is 4.17. The van der Waals surface area contributed by atoms with Crippen LogP contribution in [0.1, 0.15) is 22.5 Å². The Kier molecular flexibility index (Phi) is 5.47. The Morgan fingerprint density at radius 3 is 2.97 bits per heavy atom. The number of pyridine rings is 1. The van der Waals surface area contributed by atoms with E-state index in [1.165, 1.54) is 6.07 Å². The monoisotopic (exact) mass is 451 g/mol. The summed E-state index contributed by atoms with van der Waals surface area (Å²) in [5.41, 5.74) is 3.29. The lowest BCUT2D eigenvalue weighted by Gasteiger charge is -2.20. The van der Waals surface area contributed by atoms with Crippen LogP contribution in [0.2, 0.25) is 0 Å². The first-order chi connectivity index (χ1) is 15.9. The second-order valence-corrected chi connectivity index (χ2v) is 8.45. The molecule has 10 heteroatoms. The van der Waals surface area contributed by atoms with E-state index in [1.54, 1.807) is 34.5 Å². The van der Waals surface area contributed by atoms with Crippen LogP contribution in [0.4, 0.5) is 15.8 Å². The number of aromatic nitrogens is 4. The topological polar surface area (TPSA) is 99.7 Å². The fraction of sp³-hybridized carbons (Fsp3) is 0.348. The SMILES string of the molecule is Cc1cn2cc(NC(=O)c3ccc(N4CCC(NCCO)C4)c4cn(C)nc34)cc(F)c2n1. The number of amides is 1. The van der Waals surface area contributed by atoms with Gasteiger partial charge in [0.1, 0.15) is 5.52 Å². The molecule has 9 nitrogen and oxygen atoms in total. The van der Waals surface area contributed by atoms with E-state index in [2.05, 4.69) is 25.6 Å². The molecule has 0 spiro atoms. The van der Waals surface area contributed by atoms with Crippen LogP contribution in [0.15, 0.2) is 36.8 Å². The van der Waals surface area contributed by atoms with Crippen molar-refractivity contribution in [3.05, 3.63) is 53.9 Å². The molecule has 1 unspecified atom stereocenters. The summed E-state index contributed by atoms with van der Waals surface area (Å²) in [5, 5.41) is 20.6. The maximum atomic E-state index is 14.4. The highest BCUT2D eigenvalue weighted by molar-refractivity contribution is 6.13. The summed E-state index contributed by atoms with van der Waals surface area (Å²) in [6, 6.07) is 5.29. The second kappa shape index (κ2) is 8.45. The minimum atomic E-state index is -0.502. The molecule has 5 rings (SSSR count). The highest BCUT2D eigenvalue weighted by Crippen LogP contribution is 2.31. The fourth-order valence-electron chi connectivity index (χ4n) is 4.53. The molecule has 4 aromatic rings. The average molecular weight is 452 g/mol. The van der Waals surface area contributed by atoms with E-state index in [0.29, 0.717) is 35.0 Å². The Bertz CT molecular complexity index is 1350. The summed E-state index contributed by atoms with van der Waals surface area (Å²) in [4.78, 5) is 19.6. The second-order valence-electron chi connectivity index (χ2n) is 8.45. The van der Waals surface area contributed by atoms with Crippen molar-refractivity contribution in [3.8, 4) is 0 Å². The van der Waals surface area contributed by atoms with E-state index in [4.69, 9.17) is 5.11 Å². The smallest absolute Gasteiger partial charge is 0.257 e. The average Bonchev–Trinajstić information content (AvgIpc) is 3.48. The van der Waals surface area contributed by atoms with Gasteiger partial charge in [0, 0.05) is 68.5 Å². The number of carbonyl (C=O) groups is 1. The van der Waals surface area contributed by atoms with Crippen molar-refractivity contribution in [1.82, 2.24) is 24.5 Å². The number of hydrogen-bond acceptors (Lipinski definition) is 6. The van der Waals surface area contributed by atoms with Crippen molar-refractivity contribution in [2.45, 2.75) is 19.4 Å². The molecule has 1 aliphatic heterocycles. The van der Waals surface area contributed by atoms with Crippen molar-refractivity contribution in [2.24, 2.45) is 7.05 Å². The first-order valence-electron chi connectivity index (χ1n) is 10.9. The number of nitrogens with one attached hydrogen (secondary N) is 2. The Morgan fingerprint density at radius 2 is 2.15 bits per heavy atom. The number of hydrogen-bond donors (Lipinski definition) is 3. The normalized spacial score (nSPS) is 16.2. The molecule has 1 amide bonds. The summed E-state index contributed by atoms with van der Waals surface area (Å²) in [6.07, 6.45) is 6.24. The van der Waals surface area contributed by atoms with Crippen molar-refractivity contribution >= 4 is 33.8 Å². The number of aliphatic hydroxyl groups excluding tert-OH is 1. The number of carbonyl (C=O) groups excluding carboxylic acids is 1. The molecule has 0 aliphatic carbocycles. The van der Waals surface area contributed by atoms with Gasteiger partial charge in [-0.2, -0.15) is 5.10 Å². The predicted molar refractivity (Wildman–Crippen MR) is 124 cm³/mol. The quantitative estimate of drug-likeness (QED) is 0.415. The molecule has 1 aromatic carbocycles. The molecule has 3 N–H and O–H groups in total. The standard InChI is InChI=1S/C23H26FN7O2/c1-14-10-31-12-16(9-19(24)22(31)26-14)27-23(33)17-3-4-20(18-13-29(2)28-21(17)18)30-7-5-15(11-30)25-6-8-32/h3-4,9-10,12-13,15,25,32H,5-8,11H2,1-2H3,(H,27,33). The van der Waals surface area contributed by atoms with E-state index in [9.17, 15) is 9.18 Å². The van der Waals surface area contributed by atoms with Crippen molar-refractivity contribution < 1.29 is 14.3 Å². The first-order valence-corrected chi connectivity index (χ1v) is 10.9. The largest absolute Gasteiger partial charge is 0.395 e. The van der Waals surface area contributed by atoms with Crippen LogP contribution >= 0.6 is 0 Å². The Hall–Kier alpha value is -3.50. The maximum absolute atomic E-state index is 14.4. The van der Waals surface area contributed by atoms with Gasteiger partial charge in [-0.3, -0.25) is 9.48 Å². The van der Waals surface area contributed by atoms with Crippen LogP contribution in [-0.4, -0.2) is 62.5 Å². The first kappa shape index (κ1) is 21.4. The third-order valence-electron chi connectivity index (χ3n) is 5.97. The van der Waals surface area contributed by atoms with Gasteiger partial charge < -0.3 is 25.0 Å². The molecule has 172 valence electrons. The van der Waals surface area contributed by atoms with Gasteiger partial charge >= 0.3 is 0 Å². The minimum Gasteiger partial charge on any atom is -0.395 e. The molecular formula is C23H26FN7O2. The molecule has 0 radical (unpaired) electrons. The van der Waals surface area contributed by atoms with Crippen molar-refractivity contribution in [1.29, 1.82) is 0 Å². The van der Waals surface area contributed by atoms with Crippen LogP contribution in [0.5, 0.6) is 0 Å². The van der Waals surface area contributed by atoms with Gasteiger partial charge in [0.15, 0.2) is 11.5 Å². The molecular weight excluding hydrogens is 425 g/mol. The fourth-order valence-corrected chi connectivity index (χ4v) is 4.53. The molecule has 33 heavy (non-hydrogen) atoms. The van der Waals surface area contributed by atoms with Gasteiger partial charge in [0.2, 0.25) is 0 Å². The molecule has 1 atom stereocenters. The van der Waals surface area contributed by atoms with Gasteiger partial charge in [-0.15, -0.1) is 0 Å². The van der Waals surface area contributed by atoms with E-state index >= 15 is 0 Å². The van der Waals surface area contributed by atoms with Gasteiger partial charge in [0.25, 0.3) is 5.91 Å². The third kappa shape index (κ3) is 4.03. The molecule has 0 saturated carbocycles. The highest BCUT2D eigenvalue weighted by atomic mass is 19.1. The lowest BCUT2D eigenvalue weighted by molar-refractivity contribution is 0.102. The number of imidazole rings is 1. The zero-order valence-electron chi connectivity index (χ0n) is 18.5. The van der Waals surface area contributed by atoms with E-state index < -0.39 is 5.82 Å². The minimum absolute atomic E-state index is 0.116. The lowest BCUT2D eigenvalue weighted by atomic mass is 10.1. The lowest BCUT2D eigenvalue weighted by Crippen LogP contribution is -2.34. The number of halogens is 1. The van der Waals surface area contributed by atoms with E-state index in [-0.39, 0.29) is 18.2 Å². The van der Waals surface area contributed by atoms with E-state index in [1.807, 2.05) is 19.3 Å². The molecule has 1 aliphatic rings. The summed E-state index contributed by atoms with van der Waals surface area (Å²) >= 11 is 0. The van der Waals surface area contributed by atoms with Gasteiger partial charge in [-0.1, -0.05) is 0 Å².